The molecule has 1 fully saturated rings. The fourth-order valence-electron chi connectivity index (χ4n) is 4.59. The largest absolute Gasteiger partial charge is 0.496 e. The van der Waals surface area contributed by atoms with Gasteiger partial charge < -0.3 is 20.1 Å². The van der Waals surface area contributed by atoms with Gasteiger partial charge in [-0.3, -0.25) is 14.9 Å². The first-order valence-electron chi connectivity index (χ1n) is 12.3. The molecule has 1 aromatic heterocycles. The van der Waals surface area contributed by atoms with Crippen LogP contribution in [-0.4, -0.2) is 48.8 Å². The van der Waals surface area contributed by atoms with Gasteiger partial charge in [-0.05, 0) is 60.3 Å². The van der Waals surface area contributed by atoms with Crippen LogP contribution in [0, 0.1) is 10.1 Å². The molecule has 1 atom stereocenters. The van der Waals surface area contributed by atoms with Gasteiger partial charge in [0.25, 0.3) is 0 Å². The molecule has 3 aromatic carbocycles. The number of nitrogens with two attached hydrogens (primary N) is 1. The minimum atomic E-state index is -4.08. The number of nitro benzene ring substituents is 1. The Labute approximate surface area is 239 Å². The lowest BCUT2D eigenvalue weighted by Crippen LogP contribution is -2.41. The number of nitro groups is 1. The van der Waals surface area contributed by atoms with E-state index in [-0.39, 0.29) is 46.0 Å². The lowest BCUT2D eigenvalue weighted by molar-refractivity contribution is -0.385. The molecule has 5 rings (SSSR count). The van der Waals surface area contributed by atoms with Crippen molar-refractivity contribution in [3.8, 4) is 17.2 Å². The van der Waals surface area contributed by atoms with Crippen molar-refractivity contribution in [3.05, 3.63) is 87.6 Å². The smallest absolute Gasteiger partial charge is 0.313 e. The molecule has 0 saturated carbocycles. The number of nitrogen functional groups attached to an aromatic ring is 1. The van der Waals surface area contributed by atoms with Crippen LogP contribution in [0.5, 0.6) is 17.2 Å². The summed E-state index contributed by atoms with van der Waals surface area (Å²) in [7, 11) is -2.54. The van der Waals surface area contributed by atoms with Gasteiger partial charge in [0, 0.05) is 36.3 Å². The summed E-state index contributed by atoms with van der Waals surface area (Å²) in [4.78, 5) is 29.4. The van der Waals surface area contributed by atoms with E-state index in [1.165, 1.54) is 49.6 Å². The topological polar surface area (TPSA) is 167 Å². The number of ether oxygens (including phenoxy) is 2. The molecule has 1 saturated heterocycles. The molecule has 0 spiro atoms. The second-order valence-electron chi connectivity index (χ2n) is 9.22. The number of nitrogens with zero attached hydrogens (tertiary/aromatic N) is 3. The first-order valence-corrected chi connectivity index (χ1v) is 14.2. The Hall–Kier alpha value is -4.46. The number of hydrogen-bond donors (Lipinski definition) is 2. The number of halogens is 1. The quantitative estimate of drug-likeness (QED) is 0.211. The number of rotatable bonds is 9. The van der Waals surface area contributed by atoms with Crippen LogP contribution in [0.15, 0.2) is 71.8 Å². The highest BCUT2D eigenvalue weighted by Gasteiger charge is 2.35. The van der Waals surface area contributed by atoms with E-state index in [9.17, 15) is 23.3 Å². The van der Waals surface area contributed by atoms with E-state index in [4.69, 9.17) is 26.8 Å². The summed E-state index contributed by atoms with van der Waals surface area (Å²) in [5.74, 6) is 0.534. The fourth-order valence-corrected chi connectivity index (χ4v) is 6.03. The molecule has 2 heterocycles. The van der Waals surface area contributed by atoms with Crippen molar-refractivity contribution < 1.29 is 27.6 Å². The molecule has 14 heteroatoms. The van der Waals surface area contributed by atoms with Gasteiger partial charge in [-0.1, -0.05) is 17.7 Å². The molecule has 12 nitrogen and oxygen atoms in total. The van der Waals surface area contributed by atoms with Crippen LogP contribution in [0.4, 0.5) is 11.5 Å². The monoisotopic (exact) mass is 597 g/mol. The lowest BCUT2D eigenvalue weighted by Gasteiger charge is -2.19. The Morgan fingerprint density at radius 3 is 2.66 bits per heavy atom. The van der Waals surface area contributed by atoms with Gasteiger partial charge in [0.2, 0.25) is 21.7 Å². The molecule has 212 valence electrons. The number of fused-ring (bicyclic) bond motifs is 1. The third-order valence-electron chi connectivity index (χ3n) is 6.65. The van der Waals surface area contributed by atoms with E-state index < -0.39 is 21.0 Å². The van der Waals surface area contributed by atoms with Crippen LogP contribution in [0.3, 0.4) is 0 Å². The highest BCUT2D eigenvalue weighted by atomic mass is 35.5. The second kappa shape index (κ2) is 11.2. The van der Waals surface area contributed by atoms with Crippen LogP contribution in [0.1, 0.15) is 12.0 Å². The van der Waals surface area contributed by atoms with Crippen molar-refractivity contribution in [1.29, 1.82) is 0 Å². The number of anilines is 1. The van der Waals surface area contributed by atoms with Gasteiger partial charge >= 0.3 is 5.69 Å². The third kappa shape index (κ3) is 5.73. The molecule has 4 aromatic rings. The molecule has 1 aliphatic heterocycles. The number of sulfonamides is 1. The standard InChI is InChI=1S/C27H24ClN5O7S/c1-39-24-14-16-9-11-30-26(29)20(16)13-17(24)15-32-12-10-22(27(32)34)31-41(37,38)19-7-5-18(6-8-19)40-25-21(28)3-2-4-23(25)33(35)36/h2-9,11,13-14,22,31H,10,12,15H2,1H3,(H2,29,30). The summed E-state index contributed by atoms with van der Waals surface area (Å²) < 4.78 is 39.7. The van der Waals surface area contributed by atoms with Crippen molar-refractivity contribution >= 4 is 49.8 Å². The molecule has 1 amide bonds. The molecule has 1 unspecified atom stereocenters. The number of methoxy groups -OCH3 is 1. The Bertz CT molecular complexity index is 1770. The number of benzene rings is 3. The summed E-state index contributed by atoms with van der Waals surface area (Å²) in [5.41, 5.74) is 6.40. The van der Waals surface area contributed by atoms with Gasteiger partial charge in [-0.25, -0.2) is 13.4 Å². The Morgan fingerprint density at radius 2 is 1.95 bits per heavy atom. The second-order valence-corrected chi connectivity index (χ2v) is 11.3. The summed E-state index contributed by atoms with van der Waals surface area (Å²) in [6.45, 7) is 0.532. The van der Waals surface area contributed by atoms with E-state index in [1.54, 1.807) is 11.1 Å². The molecular formula is C27H24ClN5O7S. The number of para-hydroxylation sites is 1. The van der Waals surface area contributed by atoms with Gasteiger partial charge in [-0.2, -0.15) is 4.72 Å². The van der Waals surface area contributed by atoms with Crippen LogP contribution < -0.4 is 19.9 Å². The number of amides is 1. The molecule has 3 N–H and O–H groups in total. The first kappa shape index (κ1) is 28.1. The van der Waals surface area contributed by atoms with Gasteiger partial charge in [0.05, 0.1) is 22.0 Å². The normalized spacial score (nSPS) is 15.3. The van der Waals surface area contributed by atoms with E-state index in [2.05, 4.69) is 9.71 Å². The summed E-state index contributed by atoms with van der Waals surface area (Å²) in [5, 5.41) is 12.9. The molecule has 0 radical (unpaired) electrons. The van der Waals surface area contributed by atoms with Gasteiger partial charge in [-0.15, -0.1) is 0 Å². The van der Waals surface area contributed by atoms with Crippen molar-refractivity contribution in [2.75, 3.05) is 19.4 Å². The Morgan fingerprint density at radius 1 is 1.20 bits per heavy atom. The number of likely N-dealkylation sites (tertiary alicyclic amines) is 1. The molecule has 0 aliphatic carbocycles. The minimum absolute atomic E-state index is 0.0308. The predicted molar refractivity (Wildman–Crippen MR) is 151 cm³/mol. The average Bonchev–Trinajstić information content (AvgIpc) is 3.27. The zero-order chi connectivity index (χ0) is 29.3. The summed E-state index contributed by atoms with van der Waals surface area (Å²) >= 11 is 6.06. The summed E-state index contributed by atoms with van der Waals surface area (Å²) in [6.07, 6.45) is 1.87. The maximum Gasteiger partial charge on any atom is 0.313 e. The number of nitrogens with one attached hydrogen (secondary N) is 1. The third-order valence-corrected chi connectivity index (χ3v) is 8.43. The van der Waals surface area contributed by atoms with E-state index >= 15 is 0 Å². The van der Waals surface area contributed by atoms with E-state index in [0.29, 0.717) is 23.7 Å². The fraction of sp³-hybridized carbons (Fsp3) is 0.185. The molecule has 1 aliphatic rings. The Balaban J connectivity index is 1.28. The zero-order valence-electron chi connectivity index (χ0n) is 21.6. The number of pyridine rings is 1. The van der Waals surface area contributed by atoms with Crippen LogP contribution in [0.25, 0.3) is 10.8 Å². The first-order chi connectivity index (χ1) is 19.6. The van der Waals surface area contributed by atoms with Crippen molar-refractivity contribution in [1.82, 2.24) is 14.6 Å². The number of aromatic nitrogens is 1. The maximum absolute atomic E-state index is 13.2. The van der Waals surface area contributed by atoms with Crippen molar-refractivity contribution in [2.24, 2.45) is 0 Å². The highest BCUT2D eigenvalue weighted by molar-refractivity contribution is 7.89. The number of carbonyl (C=O) groups excluding carboxylic acids is 1. The highest BCUT2D eigenvalue weighted by Crippen LogP contribution is 2.38. The van der Waals surface area contributed by atoms with Crippen LogP contribution >= 0.6 is 11.6 Å². The minimum Gasteiger partial charge on any atom is -0.496 e. The predicted octanol–water partition coefficient (Wildman–Crippen LogP) is 4.26. The lowest BCUT2D eigenvalue weighted by atomic mass is 10.1. The van der Waals surface area contributed by atoms with Gasteiger partial charge in [0.1, 0.15) is 23.4 Å². The van der Waals surface area contributed by atoms with Gasteiger partial charge in [0.15, 0.2) is 0 Å². The maximum atomic E-state index is 13.2. The SMILES string of the molecule is COc1cc2ccnc(N)c2cc1CN1CCC(NS(=O)(=O)c2ccc(Oc3c(Cl)cccc3[N+](=O)[O-])cc2)C1=O. The number of hydrogen-bond acceptors (Lipinski definition) is 9. The van der Waals surface area contributed by atoms with Crippen LogP contribution in [0.2, 0.25) is 5.02 Å². The van der Waals surface area contributed by atoms with E-state index in [0.717, 1.165) is 10.8 Å². The molecular weight excluding hydrogens is 574 g/mol. The van der Waals surface area contributed by atoms with E-state index in [1.807, 2.05) is 18.2 Å². The Kier molecular flexibility index (Phi) is 7.67. The molecule has 0 bridgehead atoms. The molecule has 41 heavy (non-hydrogen) atoms. The van der Waals surface area contributed by atoms with Crippen LogP contribution in [-0.2, 0) is 21.4 Å². The zero-order valence-corrected chi connectivity index (χ0v) is 23.2. The van der Waals surface area contributed by atoms with Crippen molar-refractivity contribution in [3.63, 3.8) is 0 Å². The average molecular weight is 598 g/mol. The van der Waals surface area contributed by atoms with Crippen molar-refractivity contribution in [2.45, 2.75) is 23.9 Å². The summed E-state index contributed by atoms with van der Waals surface area (Å²) in [6, 6.07) is 13.8. The number of carbonyl (C=O) groups is 1.